The zero-order valence-electron chi connectivity index (χ0n) is 22.1. The molecule has 3 rings (SSSR count). The molecule has 0 unspecified atom stereocenters. The fourth-order valence-electron chi connectivity index (χ4n) is 4.06. The number of aryl methyl sites for hydroxylation is 1. The number of pyridine rings is 1. The Kier molecular flexibility index (Phi) is 9.08. The van der Waals surface area contributed by atoms with Gasteiger partial charge in [-0.05, 0) is 73.6 Å². The average Bonchev–Trinajstić information content (AvgIpc) is 2.82. The smallest absolute Gasteiger partial charge is 0.306 e. The second kappa shape index (κ2) is 12.0. The summed E-state index contributed by atoms with van der Waals surface area (Å²) >= 11 is 0. The first-order valence-electron chi connectivity index (χ1n) is 12.3. The second-order valence-corrected chi connectivity index (χ2v) is 10.0. The van der Waals surface area contributed by atoms with Crippen molar-refractivity contribution in [1.29, 1.82) is 0 Å². The molecule has 1 heterocycles. The number of hydrogen-bond donors (Lipinski definition) is 0. The van der Waals surface area contributed by atoms with Gasteiger partial charge >= 0.3 is 5.97 Å². The topological polar surface area (TPSA) is 57.7 Å². The van der Waals surface area contributed by atoms with Crippen LogP contribution in [-0.4, -0.2) is 24.7 Å². The van der Waals surface area contributed by atoms with Crippen LogP contribution in [0.2, 0.25) is 0 Å². The van der Waals surface area contributed by atoms with E-state index in [1.807, 2.05) is 37.3 Å². The zero-order chi connectivity index (χ0) is 26.3. The van der Waals surface area contributed by atoms with Gasteiger partial charge in [0.15, 0.2) is 0 Å². The van der Waals surface area contributed by atoms with Crippen LogP contribution in [0.5, 0.6) is 11.5 Å². The molecule has 192 valence electrons. The Labute approximate surface area is 213 Å². The molecular formula is C30H36FNO4. The normalized spacial score (nSPS) is 11.3. The number of nitrogens with zero attached hydrogens (tertiary/aromatic N) is 1. The molecule has 0 fully saturated rings. The molecule has 0 saturated heterocycles. The third kappa shape index (κ3) is 7.30. The van der Waals surface area contributed by atoms with Crippen molar-refractivity contribution in [3.05, 3.63) is 76.9 Å². The summed E-state index contributed by atoms with van der Waals surface area (Å²) < 4.78 is 31.3. The summed E-state index contributed by atoms with van der Waals surface area (Å²) in [4.78, 5) is 16.6. The van der Waals surface area contributed by atoms with Gasteiger partial charge < -0.3 is 14.2 Å². The molecule has 0 aliphatic heterocycles. The summed E-state index contributed by atoms with van der Waals surface area (Å²) in [7, 11) is 1.57. The van der Waals surface area contributed by atoms with E-state index < -0.39 is 0 Å². The number of aromatic nitrogens is 1. The van der Waals surface area contributed by atoms with Gasteiger partial charge in [0.2, 0.25) is 0 Å². The van der Waals surface area contributed by atoms with Crippen molar-refractivity contribution in [3.8, 4) is 22.6 Å². The van der Waals surface area contributed by atoms with E-state index in [9.17, 15) is 9.18 Å². The number of hydrogen-bond acceptors (Lipinski definition) is 5. The van der Waals surface area contributed by atoms with E-state index in [0.717, 1.165) is 33.8 Å². The van der Waals surface area contributed by atoms with E-state index in [0.29, 0.717) is 37.2 Å². The highest BCUT2D eigenvalue weighted by atomic mass is 19.1. The fourth-order valence-corrected chi connectivity index (χ4v) is 4.06. The van der Waals surface area contributed by atoms with Crippen LogP contribution in [0.25, 0.3) is 11.1 Å². The Morgan fingerprint density at radius 2 is 1.83 bits per heavy atom. The van der Waals surface area contributed by atoms with Gasteiger partial charge in [0.1, 0.15) is 23.9 Å². The summed E-state index contributed by atoms with van der Waals surface area (Å²) in [6.45, 7) is 10.9. The lowest BCUT2D eigenvalue weighted by atomic mass is 9.87. The molecule has 36 heavy (non-hydrogen) atoms. The van der Waals surface area contributed by atoms with Crippen LogP contribution in [-0.2, 0) is 29.0 Å². The number of carbonyl (C=O) groups excluding carboxylic acids is 1. The predicted molar refractivity (Wildman–Crippen MR) is 140 cm³/mol. The third-order valence-electron chi connectivity index (χ3n) is 5.87. The van der Waals surface area contributed by atoms with Crippen molar-refractivity contribution in [3.63, 3.8) is 0 Å². The van der Waals surface area contributed by atoms with Crippen molar-refractivity contribution in [1.82, 2.24) is 4.98 Å². The van der Waals surface area contributed by atoms with Crippen molar-refractivity contribution in [2.24, 2.45) is 5.41 Å². The average molecular weight is 494 g/mol. The second-order valence-electron chi connectivity index (χ2n) is 10.0. The lowest BCUT2D eigenvalue weighted by Gasteiger charge is -2.21. The van der Waals surface area contributed by atoms with Crippen molar-refractivity contribution in [2.75, 3.05) is 13.7 Å². The summed E-state index contributed by atoms with van der Waals surface area (Å²) in [6, 6.07) is 14.4. The van der Waals surface area contributed by atoms with E-state index in [-0.39, 0.29) is 23.8 Å². The Bertz CT molecular complexity index is 1200. The maximum Gasteiger partial charge on any atom is 0.306 e. The van der Waals surface area contributed by atoms with Crippen LogP contribution >= 0.6 is 0 Å². The largest absolute Gasteiger partial charge is 0.497 e. The highest BCUT2D eigenvalue weighted by Crippen LogP contribution is 2.33. The van der Waals surface area contributed by atoms with Gasteiger partial charge in [0, 0.05) is 23.2 Å². The van der Waals surface area contributed by atoms with Gasteiger partial charge in [-0.15, -0.1) is 0 Å². The summed E-state index contributed by atoms with van der Waals surface area (Å²) in [6.07, 6.45) is 1.60. The molecule has 0 amide bonds. The minimum absolute atomic E-state index is 0.0413. The van der Waals surface area contributed by atoms with Crippen LogP contribution < -0.4 is 9.47 Å². The SMILES string of the molecule is CCOC(=O)CCc1cccc(OCc2ccc(-c3cc(OC)ccc3F)c(CC(C)(C)C)n2)c1C. The van der Waals surface area contributed by atoms with Gasteiger partial charge in [-0.1, -0.05) is 39.0 Å². The van der Waals surface area contributed by atoms with Crippen molar-refractivity contribution >= 4 is 5.97 Å². The zero-order valence-corrected chi connectivity index (χ0v) is 22.1. The minimum Gasteiger partial charge on any atom is -0.497 e. The number of halogens is 1. The highest BCUT2D eigenvalue weighted by molar-refractivity contribution is 5.70. The van der Waals surface area contributed by atoms with Crippen LogP contribution in [0.15, 0.2) is 48.5 Å². The predicted octanol–water partition coefficient (Wildman–Crippen LogP) is 6.87. The van der Waals surface area contributed by atoms with E-state index in [4.69, 9.17) is 19.2 Å². The lowest BCUT2D eigenvalue weighted by molar-refractivity contribution is -0.143. The first-order valence-corrected chi connectivity index (χ1v) is 12.3. The van der Waals surface area contributed by atoms with Gasteiger partial charge in [-0.25, -0.2) is 4.39 Å². The van der Waals surface area contributed by atoms with Crippen molar-refractivity contribution in [2.45, 2.75) is 60.5 Å². The maximum atomic E-state index is 14.8. The van der Waals surface area contributed by atoms with Gasteiger partial charge in [0.05, 0.1) is 19.4 Å². The third-order valence-corrected chi connectivity index (χ3v) is 5.87. The molecule has 0 spiro atoms. The van der Waals surface area contributed by atoms with Crippen LogP contribution in [0.1, 0.15) is 56.6 Å². The Balaban J connectivity index is 1.84. The molecule has 0 bridgehead atoms. The molecule has 5 nitrogen and oxygen atoms in total. The first kappa shape index (κ1) is 27.2. The monoisotopic (exact) mass is 493 g/mol. The summed E-state index contributed by atoms with van der Waals surface area (Å²) in [5.74, 6) is 0.829. The Morgan fingerprint density at radius 3 is 2.53 bits per heavy atom. The first-order chi connectivity index (χ1) is 17.1. The number of carbonyl (C=O) groups is 1. The van der Waals surface area contributed by atoms with Gasteiger partial charge in [0.25, 0.3) is 0 Å². The van der Waals surface area contributed by atoms with Gasteiger partial charge in [-0.2, -0.15) is 0 Å². The molecule has 2 aromatic carbocycles. The molecule has 0 radical (unpaired) electrons. The standard InChI is InChI=1S/C30H36FNO4/c1-7-35-29(33)16-11-21-9-8-10-28(20(21)2)36-19-22-12-14-24(27(32-22)18-30(3,4)5)25-17-23(34-6)13-15-26(25)31/h8-10,12-15,17H,7,11,16,18-19H2,1-6H3. The van der Waals surface area contributed by atoms with E-state index in [1.54, 1.807) is 26.2 Å². The number of esters is 1. The van der Waals surface area contributed by atoms with Crippen molar-refractivity contribution < 1.29 is 23.4 Å². The van der Waals surface area contributed by atoms with Crippen LogP contribution in [0, 0.1) is 18.2 Å². The molecule has 0 N–H and O–H groups in total. The minimum atomic E-state index is -0.313. The molecular weight excluding hydrogens is 457 g/mol. The molecule has 6 heteroatoms. The Morgan fingerprint density at radius 1 is 1.06 bits per heavy atom. The number of methoxy groups -OCH3 is 1. The molecule has 0 atom stereocenters. The lowest BCUT2D eigenvalue weighted by Crippen LogP contribution is -2.13. The quantitative estimate of drug-likeness (QED) is 0.289. The number of rotatable bonds is 10. The maximum absolute atomic E-state index is 14.8. The van der Waals surface area contributed by atoms with Crippen LogP contribution in [0.4, 0.5) is 4.39 Å². The summed E-state index contributed by atoms with van der Waals surface area (Å²) in [5, 5.41) is 0. The van der Waals surface area contributed by atoms with E-state index in [2.05, 4.69) is 20.8 Å². The molecule has 0 aliphatic carbocycles. The van der Waals surface area contributed by atoms with E-state index in [1.165, 1.54) is 6.07 Å². The number of benzene rings is 2. The molecule has 0 saturated carbocycles. The Hall–Kier alpha value is -3.41. The highest BCUT2D eigenvalue weighted by Gasteiger charge is 2.19. The fraction of sp³-hybridized carbons (Fsp3) is 0.400. The van der Waals surface area contributed by atoms with E-state index >= 15 is 0 Å². The molecule has 3 aromatic rings. The molecule has 0 aliphatic rings. The number of ether oxygens (including phenoxy) is 3. The van der Waals surface area contributed by atoms with Crippen LogP contribution in [0.3, 0.4) is 0 Å². The molecule has 1 aromatic heterocycles. The van der Waals surface area contributed by atoms with Gasteiger partial charge in [-0.3, -0.25) is 9.78 Å². The summed E-state index contributed by atoms with van der Waals surface area (Å²) in [5.41, 5.74) is 4.80.